The number of pyridine rings is 1. The summed E-state index contributed by atoms with van der Waals surface area (Å²) in [6.45, 7) is 0. The van der Waals surface area contributed by atoms with Crippen molar-refractivity contribution < 1.29 is 0 Å². The van der Waals surface area contributed by atoms with Gasteiger partial charge in [0.1, 0.15) is 5.02 Å². The van der Waals surface area contributed by atoms with Crippen molar-refractivity contribution in [3.05, 3.63) is 80.8 Å². The summed E-state index contributed by atoms with van der Waals surface area (Å²) in [7, 11) is 0. The van der Waals surface area contributed by atoms with E-state index >= 15 is 0 Å². The Morgan fingerprint density at radius 3 is 2.77 bits per heavy atom. The summed E-state index contributed by atoms with van der Waals surface area (Å²) in [5.41, 5.74) is 9.11. The molecule has 0 unspecified atom stereocenters. The Balaban J connectivity index is 1.85. The molecule has 0 bridgehead atoms. The predicted octanol–water partition coefficient (Wildman–Crippen LogP) is 4.22. The molecule has 0 fully saturated rings. The molecular formula is C19H13ClN4OS. The number of nitrogens with two attached hydrogens (primary N) is 1. The first kappa shape index (κ1) is 16.5. The van der Waals surface area contributed by atoms with Crippen molar-refractivity contribution in [3.63, 3.8) is 0 Å². The van der Waals surface area contributed by atoms with Gasteiger partial charge in [-0.2, -0.15) is 0 Å². The van der Waals surface area contributed by atoms with E-state index < -0.39 is 0 Å². The van der Waals surface area contributed by atoms with Crippen molar-refractivity contribution >= 4 is 45.7 Å². The first-order valence-corrected chi connectivity index (χ1v) is 9.03. The second-order valence-electron chi connectivity index (χ2n) is 5.56. The van der Waals surface area contributed by atoms with Crippen molar-refractivity contribution in [2.75, 3.05) is 5.73 Å². The topological polar surface area (TPSA) is 73.3 Å². The highest BCUT2D eigenvalue weighted by atomic mass is 35.5. The highest BCUT2D eigenvalue weighted by Crippen LogP contribution is 2.29. The minimum atomic E-state index is -0.318. The molecule has 2 N–H and O–H groups in total. The van der Waals surface area contributed by atoms with Gasteiger partial charge >= 0.3 is 0 Å². The lowest BCUT2D eigenvalue weighted by atomic mass is 10.1. The quantitative estimate of drug-likeness (QED) is 0.540. The van der Waals surface area contributed by atoms with E-state index in [1.807, 2.05) is 41.8 Å². The summed E-state index contributed by atoms with van der Waals surface area (Å²) < 4.78 is 1.50. The summed E-state index contributed by atoms with van der Waals surface area (Å²) >= 11 is 7.67. The van der Waals surface area contributed by atoms with Crippen molar-refractivity contribution in [2.45, 2.75) is 0 Å². The van der Waals surface area contributed by atoms with E-state index in [1.165, 1.54) is 15.7 Å². The second-order valence-corrected chi connectivity index (χ2v) is 6.78. The molecule has 1 aromatic carbocycles. The number of nitrogens with zero attached hydrogens (tertiary/aromatic N) is 3. The van der Waals surface area contributed by atoms with Crippen molar-refractivity contribution in [1.29, 1.82) is 0 Å². The van der Waals surface area contributed by atoms with Crippen molar-refractivity contribution in [1.82, 2.24) is 14.4 Å². The molecule has 0 radical (unpaired) electrons. The zero-order valence-electron chi connectivity index (χ0n) is 13.5. The first-order valence-electron chi connectivity index (χ1n) is 7.78. The summed E-state index contributed by atoms with van der Waals surface area (Å²) in [5, 5.41) is 1.93. The third-order valence-corrected chi connectivity index (χ3v) is 5.08. The molecule has 0 saturated carbocycles. The van der Waals surface area contributed by atoms with Crippen LogP contribution in [0.15, 0.2) is 59.0 Å². The fraction of sp³-hybridized carbons (Fsp3) is 0. The van der Waals surface area contributed by atoms with Gasteiger partial charge in [-0.15, -0.1) is 11.3 Å². The average molecular weight is 381 g/mol. The van der Waals surface area contributed by atoms with Crippen LogP contribution >= 0.6 is 22.9 Å². The number of benzene rings is 1. The third kappa shape index (κ3) is 2.89. The van der Waals surface area contributed by atoms with Gasteiger partial charge < -0.3 is 5.73 Å². The Bertz CT molecular complexity index is 1180. The highest BCUT2D eigenvalue weighted by molar-refractivity contribution is 7.15. The molecule has 3 heterocycles. The number of aromatic nitrogens is 3. The Hall–Kier alpha value is -2.96. The lowest BCUT2D eigenvalue weighted by molar-refractivity contribution is 1.08. The monoisotopic (exact) mass is 380 g/mol. The van der Waals surface area contributed by atoms with Crippen LogP contribution in [0.3, 0.4) is 0 Å². The Labute approximate surface area is 158 Å². The number of nitrogen functional groups attached to an aromatic ring is 1. The normalized spacial score (nSPS) is 11.4. The number of fused-ring (bicyclic) bond motifs is 1. The molecule has 26 heavy (non-hydrogen) atoms. The van der Waals surface area contributed by atoms with Gasteiger partial charge in [0.2, 0.25) is 0 Å². The first-order chi connectivity index (χ1) is 12.6. The molecule has 4 rings (SSSR count). The lowest BCUT2D eigenvalue weighted by Gasteiger charge is -2.06. The Kier molecular flexibility index (Phi) is 4.28. The molecule has 3 aromatic heterocycles. The molecule has 5 nitrogen and oxygen atoms in total. The van der Waals surface area contributed by atoms with E-state index in [2.05, 4.69) is 9.97 Å². The molecule has 0 saturated heterocycles. The Morgan fingerprint density at radius 1 is 1.15 bits per heavy atom. The van der Waals surface area contributed by atoms with E-state index in [0.29, 0.717) is 22.0 Å². The Morgan fingerprint density at radius 2 is 2.00 bits per heavy atom. The number of hydrogen-bond donors (Lipinski definition) is 1. The molecule has 0 amide bonds. The van der Waals surface area contributed by atoms with Crippen molar-refractivity contribution in [2.24, 2.45) is 0 Å². The fourth-order valence-corrected chi connectivity index (χ4v) is 3.70. The number of para-hydroxylation sites is 1. The highest BCUT2D eigenvalue weighted by Gasteiger charge is 2.15. The van der Waals surface area contributed by atoms with Crippen LogP contribution in [0.25, 0.3) is 28.4 Å². The van der Waals surface area contributed by atoms with Gasteiger partial charge in [-0.05, 0) is 23.8 Å². The molecule has 128 valence electrons. The van der Waals surface area contributed by atoms with Crippen LogP contribution in [0.4, 0.5) is 5.69 Å². The molecular weight excluding hydrogens is 368 g/mol. The zero-order chi connectivity index (χ0) is 18.1. The molecule has 0 aliphatic rings. The van der Waals surface area contributed by atoms with E-state index in [4.69, 9.17) is 17.3 Å². The van der Waals surface area contributed by atoms with E-state index in [0.717, 1.165) is 11.1 Å². The maximum absolute atomic E-state index is 12.8. The van der Waals surface area contributed by atoms with Crippen LogP contribution < -0.4 is 11.3 Å². The number of rotatable bonds is 3. The van der Waals surface area contributed by atoms with Crippen LogP contribution in [-0.4, -0.2) is 14.4 Å². The molecule has 7 heteroatoms. The SMILES string of the molecule is Nc1ccccc1-c1csc2nc(C=Cc3cccnc3)c(Cl)c(=O)n12. The average Bonchev–Trinajstić information content (AvgIpc) is 3.08. The van der Waals surface area contributed by atoms with Crippen LogP contribution in [0.2, 0.25) is 5.02 Å². The zero-order valence-corrected chi connectivity index (χ0v) is 15.0. The third-order valence-electron chi connectivity index (χ3n) is 3.89. The standard InChI is InChI=1S/C19H13ClN4OS/c20-17-15(8-7-12-4-3-9-22-10-12)23-19-24(18(17)25)16(11-26-19)13-5-1-2-6-14(13)21/h1-11H,21H2. The maximum atomic E-state index is 12.8. The van der Waals surface area contributed by atoms with E-state index in [9.17, 15) is 4.79 Å². The smallest absolute Gasteiger partial charge is 0.278 e. The van der Waals surface area contributed by atoms with Gasteiger partial charge in [0, 0.05) is 29.0 Å². The number of halogens is 1. The van der Waals surface area contributed by atoms with Crippen molar-refractivity contribution in [3.8, 4) is 11.3 Å². The van der Waals surface area contributed by atoms with E-state index in [1.54, 1.807) is 24.5 Å². The van der Waals surface area contributed by atoms with Gasteiger partial charge in [-0.1, -0.05) is 41.9 Å². The molecule has 0 aliphatic carbocycles. The second kappa shape index (κ2) is 6.74. The molecule has 0 spiro atoms. The van der Waals surface area contributed by atoms with Gasteiger partial charge in [-0.25, -0.2) is 9.38 Å². The minimum Gasteiger partial charge on any atom is -0.398 e. The van der Waals surface area contributed by atoms with Gasteiger partial charge in [0.15, 0.2) is 4.96 Å². The number of thiazole rings is 1. The van der Waals surface area contributed by atoms with Crippen LogP contribution in [0, 0.1) is 0 Å². The number of hydrogen-bond acceptors (Lipinski definition) is 5. The predicted molar refractivity (Wildman–Crippen MR) is 107 cm³/mol. The molecule has 4 aromatic rings. The summed E-state index contributed by atoms with van der Waals surface area (Å²) in [6, 6.07) is 11.1. The van der Waals surface area contributed by atoms with Gasteiger partial charge in [-0.3, -0.25) is 9.78 Å². The van der Waals surface area contributed by atoms with E-state index in [-0.39, 0.29) is 10.6 Å². The fourth-order valence-electron chi connectivity index (χ4n) is 2.62. The summed E-state index contributed by atoms with van der Waals surface area (Å²) in [4.78, 5) is 22.0. The summed E-state index contributed by atoms with van der Waals surface area (Å²) in [5.74, 6) is 0. The van der Waals surface area contributed by atoms with Crippen LogP contribution in [0.5, 0.6) is 0 Å². The summed E-state index contributed by atoms with van der Waals surface area (Å²) in [6.07, 6.45) is 6.96. The lowest BCUT2D eigenvalue weighted by Crippen LogP contribution is -2.16. The van der Waals surface area contributed by atoms with Gasteiger partial charge in [0.25, 0.3) is 5.56 Å². The van der Waals surface area contributed by atoms with Crippen LogP contribution in [0.1, 0.15) is 11.3 Å². The minimum absolute atomic E-state index is 0.0665. The number of anilines is 1. The molecule has 0 aliphatic heterocycles. The van der Waals surface area contributed by atoms with Gasteiger partial charge in [0.05, 0.1) is 11.4 Å². The molecule has 0 atom stereocenters. The van der Waals surface area contributed by atoms with Crippen LogP contribution in [-0.2, 0) is 0 Å². The maximum Gasteiger partial charge on any atom is 0.278 e. The largest absolute Gasteiger partial charge is 0.398 e.